The molecule has 24 heavy (non-hydrogen) atoms. The van der Waals surface area contributed by atoms with Crippen molar-refractivity contribution in [2.24, 2.45) is 5.92 Å². The van der Waals surface area contributed by atoms with Gasteiger partial charge in [-0.15, -0.1) is 0 Å². The Morgan fingerprint density at radius 3 is 2.92 bits per heavy atom. The van der Waals surface area contributed by atoms with E-state index in [1.54, 1.807) is 22.6 Å². The van der Waals surface area contributed by atoms with Crippen LogP contribution >= 0.6 is 0 Å². The van der Waals surface area contributed by atoms with Crippen LogP contribution in [0.5, 0.6) is 0 Å². The SMILES string of the molecule is CC(C)n1ncc2cc(S(=O)(=O)N3CC[C@@H]4NCC[C@@H]4C3)ccc21. The van der Waals surface area contributed by atoms with Crippen LogP contribution in [-0.2, 0) is 10.0 Å². The van der Waals surface area contributed by atoms with E-state index in [4.69, 9.17) is 0 Å². The predicted molar refractivity (Wildman–Crippen MR) is 93.4 cm³/mol. The van der Waals surface area contributed by atoms with Gasteiger partial charge in [-0.2, -0.15) is 9.40 Å². The third kappa shape index (κ3) is 2.55. The van der Waals surface area contributed by atoms with Gasteiger partial charge in [-0.25, -0.2) is 8.42 Å². The maximum Gasteiger partial charge on any atom is 0.243 e. The first kappa shape index (κ1) is 16.1. The summed E-state index contributed by atoms with van der Waals surface area (Å²) < 4.78 is 29.7. The molecule has 2 atom stereocenters. The summed E-state index contributed by atoms with van der Waals surface area (Å²) in [5.41, 5.74) is 0.975. The minimum Gasteiger partial charge on any atom is -0.314 e. The van der Waals surface area contributed by atoms with Crippen molar-refractivity contribution < 1.29 is 8.42 Å². The molecule has 3 heterocycles. The molecule has 2 saturated heterocycles. The van der Waals surface area contributed by atoms with Gasteiger partial charge in [0.25, 0.3) is 0 Å². The van der Waals surface area contributed by atoms with E-state index < -0.39 is 10.0 Å². The maximum absolute atomic E-state index is 13.0. The lowest BCUT2D eigenvalue weighted by Crippen LogP contribution is -2.46. The molecule has 0 saturated carbocycles. The molecular weight excluding hydrogens is 324 g/mol. The van der Waals surface area contributed by atoms with Crippen molar-refractivity contribution >= 4 is 20.9 Å². The molecule has 0 unspecified atom stereocenters. The van der Waals surface area contributed by atoms with Crippen LogP contribution < -0.4 is 5.32 Å². The van der Waals surface area contributed by atoms with E-state index >= 15 is 0 Å². The summed E-state index contributed by atoms with van der Waals surface area (Å²) in [5, 5.41) is 8.73. The van der Waals surface area contributed by atoms with Crippen molar-refractivity contribution in [3.63, 3.8) is 0 Å². The summed E-state index contributed by atoms with van der Waals surface area (Å²) in [7, 11) is -3.43. The van der Waals surface area contributed by atoms with Gasteiger partial charge in [0.15, 0.2) is 0 Å². The molecule has 1 aromatic heterocycles. The first-order valence-electron chi connectivity index (χ1n) is 8.67. The molecule has 0 aliphatic carbocycles. The Bertz CT molecular complexity index is 859. The Labute approximate surface area is 142 Å². The largest absolute Gasteiger partial charge is 0.314 e. The predicted octanol–water partition coefficient (Wildman–Crippen LogP) is 1.99. The molecule has 1 aromatic carbocycles. The van der Waals surface area contributed by atoms with E-state index in [0.29, 0.717) is 29.9 Å². The van der Waals surface area contributed by atoms with Crippen LogP contribution in [0, 0.1) is 5.92 Å². The van der Waals surface area contributed by atoms with Gasteiger partial charge >= 0.3 is 0 Å². The topological polar surface area (TPSA) is 67.2 Å². The molecular formula is C17H24N4O2S. The van der Waals surface area contributed by atoms with Gasteiger partial charge < -0.3 is 5.32 Å². The van der Waals surface area contributed by atoms with Crippen LogP contribution in [0.2, 0.25) is 0 Å². The van der Waals surface area contributed by atoms with Gasteiger partial charge in [-0.3, -0.25) is 4.68 Å². The smallest absolute Gasteiger partial charge is 0.243 e. The summed E-state index contributed by atoms with van der Waals surface area (Å²) >= 11 is 0. The number of rotatable bonds is 3. The highest BCUT2D eigenvalue weighted by Crippen LogP contribution is 2.30. The Morgan fingerprint density at radius 2 is 2.12 bits per heavy atom. The molecule has 0 bridgehead atoms. The minimum atomic E-state index is -3.43. The molecule has 0 amide bonds. The van der Waals surface area contributed by atoms with Crippen LogP contribution in [-0.4, -0.2) is 48.2 Å². The number of nitrogens with one attached hydrogen (secondary N) is 1. The Kier molecular flexibility index (Phi) is 3.89. The molecule has 2 aromatic rings. The molecule has 0 spiro atoms. The van der Waals surface area contributed by atoms with Crippen molar-refractivity contribution in [1.82, 2.24) is 19.4 Å². The van der Waals surface area contributed by atoms with E-state index in [-0.39, 0.29) is 6.04 Å². The summed E-state index contributed by atoms with van der Waals surface area (Å²) in [6.07, 6.45) is 3.72. The zero-order chi connectivity index (χ0) is 16.9. The highest BCUT2D eigenvalue weighted by atomic mass is 32.2. The molecule has 4 rings (SSSR count). The Balaban J connectivity index is 1.65. The fraction of sp³-hybridized carbons (Fsp3) is 0.588. The summed E-state index contributed by atoms with van der Waals surface area (Å²) in [6.45, 7) is 6.36. The number of hydrogen-bond acceptors (Lipinski definition) is 4. The molecule has 1 N–H and O–H groups in total. The number of piperidine rings is 1. The lowest BCUT2D eigenvalue weighted by molar-refractivity contribution is 0.247. The lowest BCUT2D eigenvalue weighted by atomic mass is 9.95. The fourth-order valence-corrected chi connectivity index (χ4v) is 5.53. The Morgan fingerprint density at radius 1 is 1.29 bits per heavy atom. The van der Waals surface area contributed by atoms with Gasteiger partial charge in [-0.1, -0.05) is 0 Å². The highest BCUT2D eigenvalue weighted by Gasteiger charge is 2.37. The zero-order valence-electron chi connectivity index (χ0n) is 14.1. The second-order valence-corrected chi connectivity index (χ2v) is 9.10. The van der Waals surface area contributed by atoms with Gasteiger partial charge in [0.05, 0.1) is 16.6 Å². The fourth-order valence-electron chi connectivity index (χ4n) is 3.98. The van der Waals surface area contributed by atoms with Crippen molar-refractivity contribution in [3.8, 4) is 0 Å². The number of fused-ring (bicyclic) bond motifs is 2. The van der Waals surface area contributed by atoms with Gasteiger partial charge in [0.1, 0.15) is 0 Å². The third-order valence-corrected chi connectivity index (χ3v) is 7.17. The number of sulfonamides is 1. The highest BCUT2D eigenvalue weighted by molar-refractivity contribution is 7.89. The quantitative estimate of drug-likeness (QED) is 0.921. The van der Waals surface area contributed by atoms with Crippen molar-refractivity contribution in [3.05, 3.63) is 24.4 Å². The van der Waals surface area contributed by atoms with E-state index in [2.05, 4.69) is 24.3 Å². The van der Waals surface area contributed by atoms with Crippen molar-refractivity contribution in [1.29, 1.82) is 0 Å². The van der Waals surface area contributed by atoms with E-state index in [9.17, 15) is 8.42 Å². The minimum absolute atomic E-state index is 0.249. The molecule has 2 aliphatic rings. The lowest BCUT2D eigenvalue weighted by Gasteiger charge is -2.34. The standard InChI is InChI=1S/C17H24N4O2S/c1-12(2)21-17-4-3-15(9-14(17)10-19-21)24(22,23)20-8-6-16-13(11-20)5-7-18-16/h3-4,9-10,12-13,16,18H,5-8,11H2,1-2H3/t13-,16+/m1/s1. The molecule has 2 aliphatic heterocycles. The number of benzene rings is 1. The average molecular weight is 348 g/mol. The Hall–Kier alpha value is -1.44. The van der Waals surface area contributed by atoms with Crippen LogP contribution in [0.15, 0.2) is 29.3 Å². The second-order valence-electron chi connectivity index (χ2n) is 7.16. The van der Waals surface area contributed by atoms with Crippen LogP contribution in [0.25, 0.3) is 10.9 Å². The molecule has 6 nitrogen and oxygen atoms in total. The summed E-state index contributed by atoms with van der Waals surface area (Å²) in [6, 6.07) is 6.09. The number of nitrogens with zero attached hydrogens (tertiary/aromatic N) is 3. The zero-order valence-corrected chi connectivity index (χ0v) is 15.0. The third-order valence-electron chi connectivity index (χ3n) is 5.31. The maximum atomic E-state index is 13.0. The number of hydrogen-bond donors (Lipinski definition) is 1. The van der Waals surface area contributed by atoms with E-state index in [1.165, 1.54) is 0 Å². The van der Waals surface area contributed by atoms with Gasteiger partial charge in [0.2, 0.25) is 10.0 Å². The monoisotopic (exact) mass is 348 g/mol. The van der Waals surface area contributed by atoms with Crippen LogP contribution in [0.3, 0.4) is 0 Å². The molecule has 2 fully saturated rings. The first-order chi connectivity index (χ1) is 11.5. The number of aromatic nitrogens is 2. The first-order valence-corrected chi connectivity index (χ1v) is 10.1. The molecule has 0 radical (unpaired) electrons. The van der Waals surface area contributed by atoms with Crippen molar-refractivity contribution in [2.75, 3.05) is 19.6 Å². The van der Waals surface area contributed by atoms with E-state index in [0.717, 1.165) is 30.3 Å². The molecule has 7 heteroatoms. The van der Waals surface area contributed by atoms with Gasteiger partial charge in [-0.05, 0) is 57.4 Å². The van der Waals surface area contributed by atoms with E-state index in [1.807, 2.05) is 10.7 Å². The summed E-state index contributed by atoms with van der Waals surface area (Å²) in [5.74, 6) is 0.445. The van der Waals surface area contributed by atoms with Crippen LogP contribution in [0.1, 0.15) is 32.7 Å². The van der Waals surface area contributed by atoms with Gasteiger partial charge in [0, 0.05) is 30.6 Å². The summed E-state index contributed by atoms with van der Waals surface area (Å²) in [4.78, 5) is 0.378. The van der Waals surface area contributed by atoms with Crippen LogP contribution in [0.4, 0.5) is 0 Å². The second kappa shape index (κ2) is 5.82. The molecule has 130 valence electrons. The average Bonchev–Trinajstić information content (AvgIpc) is 3.19. The van der Waals surface area contributed by atoms with Crippen molar-refractivity contribution in [2.45, 2.75) is 43.7 Å². The normalized spacial score (nSPS) is 25.5.